The summed E-state index contributed by atoms with van der Waals surface area (Å²) in [6.07, 6.45) is -1.69. The molecule has 1 saturated heterocycles. The number of hydrogen-bond donors (Lipinski definition) is 1. The molecule has 9 heteroatoms. The number of nitrogens with one attached hydrogen (secondary N) is 1. The Morgan fingerprint density at radius 1 is 1.10 bits per heavy atom. The lowest BCUT2D eigenvalue weighted by Crippen LogP contribution is -2.34. The van der Waals surface area contributed by atoms with Crippen LogP contribution >= 0.6 is 0 Å². The average molecular weight is 433 g/mol. The van der Waals surface area contributed by atoms with Gasteiger partial charge in [0.1, 0.15) is 11.4 Å². The van der Waals surface area contributed by atoms with Gasteiger partial charge in [-0.05, 0) is 54.4 Å². The molecule has 2 heterocycles. The van der Waals surface area contributed by atoms with Gasteiger partial charge in [-0.15, -0.1) is 0 Å². The number of ether oxygens (including phenoxy) is 1. The quantitative estimate of drug-likeness (QED) is 0.722. The lowest BCUT2D eigenvalue weighted by Gasteiger charge is -2.22. The van der Waals surface area contributed by atoms with E-state index in [2.05, 4.69) is 10.3 Å². The number of anilines is 1. The van der Waals surface area contributed by atoms with Crippen LogP contribution in [0.1, 0.15) is 40.2 Å². The lowest BCUT2D eigenvalue weighted by atomic mass is 9.91. The van der Waals surface area contributed by atoms with E-state index in [1.165, 1.54) is 25.4 Å². The Balaban J connectivity index is 1.42. The third kappa shape index (κ3) is 4.22. The number of nitrogens with zero attached hydrogens (tertiary/aromatic N) is 2. The Bertz CT molecular complexity index is 981. The van der Waals surface area contributed by atoms with E-state index in [0.29, 0.717) is 31.5 Å². The molecule has 0 bridgehead atoms. The summed E-state index contributed by atoms with van der Waals surface area (Å²) in [6.45, 7) is 0.920. The zero-order chi connectivity index (χ0) is 22.2. The van der Waals surface area contributed by atoms with Gasteiger partial charge < -0.3 is 9.64 Å². The predicted molar refractivity (Wildman–Crippen MR) is 107 cm³/mol. The van der Waals surface area contributed by atoms with Crippen molar-refractivity contribution in [2.24, 2.45) is 11.8 Å². The van der Waals surface area contributed by atoms with Crippen molar-refractivity contribution in [1.82, 2.24) is 9.88 Å². The Morgan fingerprint density at radius 3 is 2.42 bits per heavy atom. The topological polar surface area (TPSA) is 71.5 Å². The van der Waals surface area contributed by atoms with E-state index in [0.717, 1.165) is 6.07 Å². The van der Waals surface area contributed by atoms with Crippen LogP contribution in [0.25, 0.3) is 0 Å². The molecule has 1 aromatic carbocycles. The zero-order valence-corrected chi connectivity index (χ0v) is 16.9. The third-order valence-corrected chi connectivity index (χ3v) is 6.18. The number of benzene rings is 1. The molecule has 2 aliphatic rings. The second-order valence-corrected chi connectivity index (χ2v) is 8.00. The van der Waals surface area contributed by atoms with Gasteiger partial charge in [-0.1, -0.05) is 18.2 Å². The van der Waals surface area contributed by atoms with Crippen LogP contribution in [0.5, 0.6) is 0 Å². The number of pyridine rings is 1. The van der Waals surface area contributed by atoms with Gasteiger partial charge in [0.15, 0.2) is 0 Å². The summed E-state index contributed by atoms with van der Waals surface area (Å²) in [7, 11) is 1.25. The molecule has 164 valence electrons. The smallest absolute Gasteiger partial charge is 0.416 e. The van der Waals surface area contributed by atoms with Crippen molar-refractivity contribution in [3.63, 3.8) is 0 Å². The maximum absolute atomic E-state index is 13.4. The highest BCUT2D eigenvalue weighted by Crippen LogP contribution is 2.48. The van der Waals surface area contributed by atoms with Gasteiger partial charge in [-0.2, -0.15) is 13.2 Å². The third-order valence-electron chi connectivity index (χ3n) is 6.18. The number of alkyl halides is 3. The molecule has 1 aromatic heterocycles. The minimum absolute atomic E-state index is 0.119. The molecule has 1 N–H and O–H groups in total. The van der Waals surface area contributed by atoms with Crippen molar-refractivity contribution in [1.29, 1.82) is 0 Å². The fourth-order valence-corrected chi connectivity index (χ4v) is 4.79. The Kier molecular flexibility index (Phi) is 5.60. The molecular weight excluding hydrogens is 411 g/mol. The van der Waals surface area contributed by atoms with Crippen molar-refractivity contribution in [3.8, 4) is 0 Å². The summed E-state index contributed by atoms with van der Waals surface area (Å²) in [5, 5.41) is 2.66. The van der Waals surface area contributed by atoms with E-state index in [-0.39, 0.29) is 35.2 Å². The Labute approximate surface area is 177 Å². The molecule has 0 spiro atoms. The molecule has 1 saturated carbocycles. The van der Waals surface area contributed by atoms with Crippen LogP contribution in [0.15, 0.2) is 42.6 Å². The highest BCUT2D eigenvalue weighted by atomic mass is 19.4. The average Bonchev–Trinajstić information content (AvgIpc) is 3.32. The lowest BCUT2D eigenvalue weighted by molar-refractivity contribution is -0.138. The van der Waals surface area contributed by atoms with Crippen molar-refractivity contribution in [2.45, 2.75) is 24.9 Å². The van der Waals surface area contributed by atoms with Crippen molar-refractivity contribution < 1.29 is 27.5 Å². The van der Waals surface area contributed by atoms with Gasteiger partial charge in [0.2, 0.25) is 0 Å². The summed E-state index contributed by atoms with van der Waals surface area (Å²) in [5.41, 5.74) is -0.0711. The number of carbonyl (C=O) groups excluding carboxylic acids is 2. The largest absolute Gasteiger partial charge is 0.465 e. The number of fused-ring (bicyclic) bond motifs is 1. The van der Waals surface area contributed by atoms with Gasteiger partial charge in [-0.25, -0.2) is 14.6 Å². The second kappa shape index (κ2) is 8.20. The Hall–Kier alpha value is -3.10. The number of halogens is 3. The number of rotatable bonds is 3. The number of amides is 2. The first-order chi connectivity index (χ1) is 14.8. The van der Waals surface area contributed by atoms with Crippen LogP contribution in [0.2, 0.25) is 0 Å². The van der Waals surface area contributed by atoms with E-state index in [9.17, 15) is 22.8 Å². The minimum Gasteiger partial charge on any atom is -0.465 e. The second-order valence-electron chi connectivity index (χ2n) is 8.00. The number of urea groups is 1. The van der Waals surface area contributed by atoms with E-state index in [1.807, 2.05) is 0 Å². The molecule has 2 fully saturated rings. The van der Waals surface area contributed by atoms with Gasteiger partial charge in [0.05, 0.1) is 12.7 Å². The number of esters is 1. The zero-order valence-electron chi connectivity index (χ0n) is 16.9. The van der Waals surface area contributed by atoms with Gasteiger partial charge in [-0.3, -0.25) is 5.32 Å². The predicted octanol–water partition coefficient (Wildman–Crippen LogP) is 4.54. The van der Waals surface area contributed by atoms with Crippen LogP contribution in [-0.4, -0.2) is 42.1 Å². The first-order valence-corrected chi connectivity index (χ1v) is 10.0. The van der Waals surface area contributed by atoms with Gasteiger partial charge in [0.25, 0.3) is 0 Å². The molecule has 6 nitrogen and oxygen atoms in total. The molecular formula is C22H22F3N3O3. The maximum Gasteiger partial charge on any atom is 0.416 e. The van der Waals surface area contributed by atoms with Crippen LogP contribution in [0.4, 0.5) is 23.8 Å². The first kappa shape index (κ1) is 21.1. The minimum atomic E-state index is -4.37. The first-order valence-electron chi connectivity index (χ1n) is 10.0. The van der Waals surface area contributed by atoms with Crippen molar-refractivity contribution in [3.05, 3.63) is 59.3 Å². The normalized spacial score (nSPS) is 22.8. The van der Waals surface area contributed by atoms with Crippen molar-refractivity contribution in [2.75, 3.05) is 25.5 Å². The van der Waals surface area contributed by atoms with E-state index >= 15 is 0 Å². The molecule has 4 rings (SSSR count). The highest BCUT2D eigenvalue weighted by Gasteiger charge is 2.45. The molecule has 3 atom stereocenters. The van der Waals surface area contributed by atoms with Crippen LogP contribution < -0.4 is 5.32 Å². The van der Waals surface area contributed by atoms with E-state index in [1.54, 1.807) is 23.1 Å². The molecule has 2 aromatic rings. The fourth-order valence-electron chi connectivity index (χ4n) is 4.79. The summed E-state index contributed by atoms with van der Waals surface area (Å²) < 4.78 is 44.9. The van der Waals surface area contributed by atoms with Crippen LogP contribution in [0.3, 0.4) is 0 Å². The number of likely N-dealkylation sites (tertiary alicyclic amines) is 1. The Morgan fingerprint density at radius 2 is 1.77 bits per heavy atom. The monoisotopic (exact) mass is 433 g/mol. The summed E-state index contributed by atoms with van der Waals surface area (Å²) in [5.74, 6) is -0.372. The molecule has 1 aliphatic heterocycles. The van der Waals surface area contributed by atoms with Gasteiger partial charge >= 0.3 is 18.2 Å². The van der Waals surface area contributed by atoms with Crippen molar-refractivity contribution >= 4 is 17.8 Å². The summed E-state index contributed by atoms with van der Waals surface area (Å²) >= 11 is 0. The highest BCUT2D eigenvalue weighted by molar-refractivity contribution is 5.99. The molecule has 31 heavy (non-hydrogen) atoms. The number of carbonyl (C=O) groups is 2. The number of aromatic nitrogens is 1. The van der Waals surface area contributed by atoms with E-state index in [4.69, 9.17) is 4.74 Å². The summed E-state index contributed by atoms with van der Waals surface area (Å²) in [4.78, 5) is 30.3. The number of hydrogen-bond acceptors (Lipinski definition) is 4. The SMILES string of the molecule is COC(=O)c1cccnc1NC(=O)N1C[C@H]2C[C@@H](c3ccccc3C(F)(F)F)C[C@H]2C1. The van der Waals surface area contributed by atoms with Crippen LogP contribution in [0, 0.1) is 11.8 Å². The fraction of sp³-hybridized carbons (Fsp3) is 0.409. The van der Waals surface area contributed by atoms with Crippen LogP contribution in [-0.2, 0) is 10.9 Å². The van der Waals surface area contributed by atoms with Gasteiger partial charge in [0, 0.05) is 19.3 Å². The maximum atomic E-state index is 13.4. The molecule has 0 radical (unpaired) electrons. The number of methoxy groups -OCH3 is 1. The molecule has 0 unspecified atom stereocenters. The molecule has 2 amide bonds. The van der Waals surface area contributed by atoms with E-state index < -0.39 is 17.7 Å². The molecule has 1 aliphatic carbocycles. The standard InChI is InChI=1S/C22H22F3N3O3/c1-31-20(29)17-6-4-8-26-19(17)27-21(30)28-11-14-9-13(10-15(14)12-28)16-5-2-3-7-18(16)22(23,24)25/h2-8,13-15H,9-12H2,1H3,(H,26,27,30)/t13-,14-,15+. The summed E-state index contributed by atoms with van der Waals surface area (Å²) in [6, 6.07) is 8.45.